The summed E-state index contributed by atoms with van der Waals surface area (Å²) in [5, 5.41) is 2.90. The van der Waals surface area contributed by atoms with Gasteiger partial charge in [-0.15, -0.1) is 0 Å². The zero-order valence-corrected chi connectivity index (χ0v) is 11.4. The van der Waals surface area contributed by atoms with Crippen LogP contribution in [0.5, 0.6) is 0 Å². The van der Waals surface area contributed by atoms with Crippen LogP contribution in [0.2, 0.25) is 0 Å². The molecule has 1 aliphatic rings. The minimum Gasteiger partial charge on any atom is -0.322 e. The molecular formula is C17H18N2O. The molecule has 1 aliphatic carbocycles. The lowest BCUT2D eigenvalue weighted by Gasteiger charge is -2.11. The van der Waals surface area contributed by atoms with E-state index in [1.807, 2.05) is 12.1 Å². The summed E-state index contributed by atoms with van der Waals surface area (Å²) in [6.45, 7) is 0. The van der Waals surface area contributed by atoms with Gasteiger partial charge in [-0.25, -0.2) is 0 Å². The molecule has 0 saturated heterocycles. The Hall–Kier alpha value is -2.16. The molecule has 0 spiro atoms. The number of hydrogen-bond acceptors (Lipinski definition) is 2. The third-order valence-corrected chi connectivity index (χ3v) is 3.92. The highest BCUT2D eigenvalue weighted by Gasteiger charge is 2.16. The molecule has 1 aromatic carbocycles. The average molecular weight is 266 g/mol. The van der Waals surface area contributed by atoms with Gasteiger partial charge in [-0.3, -0.25) is 9.78 Å². The second-order valence-electron chi connectivity index (χ2n) is 5.30. The Kier molecular flexibility index (Phi) is 3.77. The first-order valence-electron chi connectivity index (χ1n) is 7.14. The van der Waals surface area contributed by atoms with Gasteiger partial charge < -0.3 is 5.32 Å². The van der Waals surface area contributed by atoms with E-state index in [0.717, 1.165) is 5.69 Å². The Morgan fingerprint density at radius 3 is 2.50 bits per heavy atom. The maximum atomic E-state index is 12.0. The number of pyridine rings is 1. The van der Waals surface area contributed by atoms with Crippen LogP contribution in [0.15, 0.2) is 48.8 Å². The largest absolute Gasteiger partial charge is 0.322 e. The number of hydrogen-bond donors (Lipinski definition) is 1. The molecule has 20 heavy (non-hydrogen) atoms. The van der Waals surface area contributed by atoms with Crippen molar-refractivity contribution in [3.8, 4) is 0 Å². The first-order valence-corrected chi connectivity index (χ1v) is 7.14. The Morgan fingerprint density at radius 1 is 1.10 bits per heavy atom. The smallest absolute Gasteiger partial charge is 0.257 e. The Labute approximate surface area is 119 Å². The van der Waals surface area contributed by atoms with Gasteiger partial charge in [0, 0.05) is 18.1 Å². The molecule has 0 atom stereocenters. The average Bonchev–Trinajstić information content (AvgIpc) is 3.03. The van der Waals surface area contributed by atoms with Crippen LogP contribution in [0.25, 0.3) is 0 Å². The SMILES string of the molecule is O=C(Nc1ccc(C2CCCC2)cc1)c1cccnc1. The number of carbonyl (C=O) groups excluding carboxylic acids is 1. The first-order chi connectivity index (χ1) is 9.83. The minimum absolute atomic E-state index is 0.119. The van der Waals surface area contributed by atoms with Gasteiger partial charge in [0.2, 0.25) is 0 Å². The zero-order chi connectivity index (χ0) is 13.8. The molecule has 1 heterocycles. The van der Waals surface area contributed by atoms with Crippen molar-refractivity contribution < 1.29 is 4.79 Å². The van der Waals surface area contributed by atoms with Crippen molar-refractivity contribution in [1.82, 2.24) is 4.98 Å². The van der Waals surface area contributed by atoms with E-state index in [2.05, 4.69) is 22.4 Å². The monoisotopic (exact) mass is 266 g/mol. The van der Waals surface area contributed by atoms with Crippen molar-refractivity contribution in [2.45, 2.75) is 31.6 Å². The maximum absolute atomic E-state index is 12.0. The van der Waals surface area contributed by atoms with E-state index < -0.39 is 0 Å². The van der Waals surface area contributed by atoms with Gasteiger partial charge in [0.05, 0.1) is 5.56 Å². The van der Waals surface area contributed by atoms with Crippen molar-refractivity contribution in [2.75, 3.05) is 5.32 Å². The fraction of sp³-hybridized carbons (Fsp3) is 0.294. The number of benzene rings is 1. The van der Waals surface area contributed by atoms with Gasteiger partial charge in [-0.2, -0.15) is 0 Å². The summed E-state index contributed by atoms with van der Waals surface area (Å²) in [5.74, 6) is 0.588. The van der Waals surface area contributed by atoms with Gasteiger partial charge in [0.25, 0.3) is 5.91 Å². The van der Waals surface area contributed by atoms with Crippen LogP contribution < -0.4 is 5.32 Å². The summed E-state index contributed by atoms with van der Waals surface area (Å²) in [6, 6.07) is 11.8. The molecule has 1 saturated carbocycles. The lowest BCUT2D eigenvalue weighted by molar-refractivity contribution is 0.102. The Balaban J connectivity index is 1.67. The van der Waals surface area contributed by atoms with E-state index >= 15 is 0 Å². The molecule has 1 N–H and O–H groups in total. The third kappa shape index (κ3) is 2.87. The van der Waals surface area contributed by atoms with E-state index in [-0.39, 0.29) is 5.91 Å². The molecule has 0 radical (unpaired) electrons. The van der Waals surface area contributed by atoms with Crippen LogP contribution in [0.4, 0.5) is 5.69 Å². The number of amides is 1. The van der Waals surface area contributed by atoms with Crippen LogP contribution in [-0.2, 0) is 0 Å². The minimum atomic E-state index is -0.119. The quantitative estimate of drug-likeness (QED) is 0.912. The van der Waals surface area contributed by atoms with Crippen molar-refractivity contribution in [1.29, 1.82) is 0 Å². The van der Waals surface area contributed by atoms with E-state index in [1.165, 1.54) is 31.2 Å². The summed E-state index contributed by atoms with van der Waals surface area (Å²) in [4.78, 5) is 16.0. The fourth-order valence-electron chi connectivity index (χ4n) is 2.80. The lowest BCUT2D eigenvalue weighted by atomic mass is 9.97. The molecule has 1 amide bonds. The molecular weight excluding hydrogens is 248 g/mol. The number of rotatable bonds is 3. The Morgan fingerprint density at radius 2 is 1.85 bits per heavy atom. The Bertz CT molecular complexity index is 572. The number of nitrogens with one attached hydrogen (secondary N) is 1. The zero-order valence-electron chi connectivity index (χ0n) is 11.4. The first kappa shape index (κ1) is 12.9. The predicted octanol–water partition coefficient (Wildman–Crippen LogP) is 3.99. The van der Waals surface area contributed by atoms with Gasteiger partial charge in [-0.1, -0.05) is 25.0 Å². The summed E-state index contributed by atoms with van der Waals surface area (Å²) in [6.07, 6.45) is 8.49. The number of carbonyl (C=O) groups is 1. The topological polar surface area (TPSA) is 42.0 Å². The van der Waals surface area contributed by atoms with Crippen LogP contribution in [0.1, 0.15) is 47.5 Å². The van der Waals surface area contributed by atoms with Crippen molar-refractivity contribution in [2.24, 2.45) is 0 Å². The molecule has 3 heteroatoms. The van der Waals surface area contributed by atoms with Crippen molar-refractivity contribution in [3.05, 3.63) is 59.9 Å². The number of nitrogens with zero attached hydrogens (tertiary/aromatic N) is 1. The molecule has 102 valence electrons. The van der Waals surface area contributed by atoms with Crippen LogP contribution in [0, 0.1) is 0 Å². The highest BCUT2D eigenvalue weighted by molar-refractivity contribution is 6.03. The second kappa shape index (κ2) is 5.87. The molecule has 0 unspecified atom stereocenters. The van der Waals surface area contributed by atoms with Crippen molar-refractivity contribution >= 4 is 11.6 Å². The third-order valence-electron chi connectivity index (χ3n) is 3.92. The summed E-state index contributed by atoms with van der Waals surface area (Å²) < 4.78 is 0. The second-order valence-corrected chi connectivity index (χ2v) is 5.30. The molecule has 1 fully saturated rings. The van der Waals surface area contributed by atoms with Crippen molar-refractivity contribution in [3.63, 3.8) is 0 Å². The summed E-state index contributed by atoms with van der Waals surface area (Å²) in [5.41, 5.74) is 2.80. The number of anilines is 1. The fourth-order valence-corrected chi connectivity index (χ4v) is 2.80. The predicted molar refractivity (Wildman–Crippen MR) is 79.8 cm³/mol. The van der Waals surface area contributed by atoms with E-state index in [4.69, 9.17) is 0 Å². The standard InChI is InChI=1S/C17H18N2O/c20-17(15-6-3-11-18-12-15)19-16-9-7-14(8-10-16)13-4-1-2-5-13/h3,6-13H,1-2,4-5H2,(H,19,20). The van der Waals surface area contributed by atoms with Gasteiger partial charge in [-0.05, 0) is 48.6 Å². The van der Waals surface area contributed by atoms with Gasteiger partial charge in [0.15, 0.2) is 0 Å². The van der Waals surface area contributed by atoms with E-state index in [0.29, 0.717) is 11.5 Å². The summed E-state index contributed by atoms with van der Waals surface area (Å²) >= 11 is 0. The van der Waals surface area contributed by atoms with Crippen LogP contribution >= 0.6 is 0 Å². The van der Waals surface area contributed by atoms with E-state index in [1.54, 1.807) is 24.5 Å². The molecule has 3 nitrogen and oxygen atoms in total. The maximum Gasteiger partial charge on any atom is 0.257 e. The van der Waals surface area contributed by atoms with E-state index in [9.17, 15) is 4.79 Å². The normalized spacial score (nSPS) is 15.2. The van der Waals surface area contributed by atoms with Crippen LogP contribution in [0.3, 0.4) is 0 Å². The summed E-state index contributed by atoms with van der Waals surface area (Å²) in [7, 11) is 0. The number of aromatic nitrogens is 1. The highest BCUT2D eigenvalue weighted by atomic mass is 16.1. The molecule has 1 aromatic heterocycles. The highest BCUT2D eigenvalue weighted by Crippen LogP contribution is 2.34. The lowest BCUT2D eigenvalue weighted by Crippen LogP contribution is -2.11. The molecule has 0 bridgehead atoms. The molecule has 0 aliphatic heterocycles. The van der Waals surface area contributed by atoms with Crippen LogP contribution in [-0.4, -0.2) is 10.9 Å². The van der Waals surface area contributed by atoms with Gasteiger partial charge in [0.1, 0.15) is 0 Å². The van der Waals surface area contributed by atoms with Gasteiger partial charge >= 0.3 is 0 Å². The molecule has 3 rings (SSSR count). The molecule has 2 aromatic rings.